The molecule has 7 nitrogen and oxygen atoms in total. The van der Waals surface area contributed by atoms with Crippen LogP contribution in [0.4, 0.5) is 4.79 Å². The minimum atomic E-state index is -1.13. The molecule has 1 fully saturated rings. The third kappa shape index (κ3) is 4.70. The minimum Gasteiger partial charge on any atom is -0.444 e. The average molecular weight is 409 g/mol. The summed E-state index contributed by atoms with van der Waals surface area (Å²) >= 11 is 6.23. The third-order valence-corrected chi connectivity index (χ3v) is 5.23. The Morgan fingerprint density at radius 3 is 2.71 bits per heavy atom. The topological polar surface area (TPSA) is 77.4 Å². The molecule has 2 aliphatic heterocycles. The average Bonchev–Trinajstić information content (AvgIpc) is 3.01. The van der Waals surface area contributed by atoms with E-state index in [0.29, 0.717) is 36.8 Å². The maximum absolute atomic E-state index is 12.3. The zero-order chi connectivity index (χ0) is 20.5. The van der Waals surface area contributed by atoms with Gasteiger partial charge in [-0.3, -0.25) is 4.99 Å². The van der Waals surface area contributed by atoms with Gasteiger partial charge in [-0.25, -0.2) is 4.79 Å². The minimum absolute atomic E-state index is 0.119. The van der Waals surface area contributed by atoms with E-state index in [9.17, 15) is 9.90 Å². The predicted molar refractivity (Wildman–Crippen MR) is 110 cm³/mol. The van der Waals surface area contributed by atoms with Crippen molar-refractivity contribution < 1.29 is 14.6 Å². The predicted octanol–water partition coefficient (Wildman–Crippen LogP) is 2.43. The molecule has 0 aromatic heterocycles. The van der Waals surface area contributed by atoms with Gasteiger partial charge in [0, 0.05) is 30.2 Å². The number of nitrogens with zero attached hydrogens (tertiary/aromatic N) is 3. The molecular weight excluding hydrogens is 380 g/mol. The molecule has 2 aliphatic rings. The molecule has 1 saturated heterocycles. The molecule has 0 bridgehead atoms. The summed E-state index contributed by atoms with van der Waals surface area (Å²) in [6.07, 6.45) is -0.282. The molecule has 0 aliphatic carbocycles. The van der Waals surface area contributed by atoms with E-state index in [1.807, 2.05) is 39.0 Å². The number of aliphatic imine (C=N–C) groups is 1. The van der Waals surface area contributed by atoms with Gasteiger partial charge in [0.25, 0.3) is 0 Å². The van der Waals surface area contributed by atoms with Crippen molar-refractivity contribution in [2.45, 2.75) is 44.9 Å². The van der Waals surface area contributed by atoms with E-state index >= 15 is 0 Å². The summed E-state index contributed by atoms with van der Waals surface area (Å²) < 4.78 is 5.47. The first-order valence-electron chi connectivity index (χ1n) is 9.57. The fourth-order valence-corrected chi connectivity index (χ4v) is 3.81. The summed E-state index contributed by atoms with van der Waals surface area (Å²) in [5, 5.41) is 14.7. The molecule has 1 aromatic carbocycles. The summed E-state index contributed by atoms with van der Waals surface area (Å²) in [6.45, 7) is 10.0. The highest BCUT2D eigenvalue weighted by molar-refractivity contribution is 6.31. The van der Waals surface area contributed by atoms with Crippen LogP contribution in [0.3, 0.4) is 0 Å². The number of halogens is 1. The van der Waals surface area contributed by atoms with Crippen LogP contribution in [0.5, 0.6) is 0 Å². The normalized spacial score (nSPS) is 21.6. The van der Waals surface area contributed by atoms with Gasteiger partial charge in [0.1, 0.15) is 11.2 Å². The zero-order valence-electron chi connectivity index (χ0n) is 16.9. The maximum Gasteiger partial charge on any atom is 0.410 e. The van der Waals surface area contributed by atoms with Crippen molar-refractivity contribution in [1.29, 1.82) is 0 Å². The van der Waals surface area contributed by atoms with Gasteiger partial charge < -0.3 is 25.0 Å². The Morgan fingerprint density at radius 2 is 2.04 bits per heavy atom. The smallest absolute Gasteiger partial charge is 0.410 e. The summed E-state index contributed by atoms with van der Waals surface area (Å²) in [5.41, 5.74) is -0.955. The largest absolute Gasteiger partial charge is 0.444 e. The fourth-order valence-electron chi connectivity index (χ4n) is 3.47. The number of nitrogens with one attached hydrogen (secondary N) is 1. The van der Waals surface area contributed by atoms with E-state index < -0.39 is 11.2 Å². The molecule has 2 heterocycles. The lowest BCUT2D eigenvalue weighted by Crippen LogP contribution is -2.58. The number of amides is 1. The number of aliphatic hydroxyl groups is 1. The quantitative estimate of drug-likeness (QED) is 0.803. The van der Waals surface area contributed by atoms with Gasteiger partial charge in [-0.2, -0.15) is 0 Å². The Kier molecular flexibility index (Phi) is 5.77. The molecule has 154 valence electrons. The summed E-state index contributed by atoms with van der Waals surface area (Å²) in [7, 11) is 0. The molecule has 2 N–H and O–H groups in total. The van der Waals surface area contributed by atoms with Crippen molar-refractivity contribution >= 4 is 23.7 Å². The van der Waals surface area contributed by atoms with Crippen LogP contribution in [-0.4, -0.2) is 71.3 Å². The molecule has 1 amide bonds. The number of hydrogen-bond donors (Lipinski definition) is 2. The molecule has 0 saturated carbocycles. The molecule has 8 heteroatoms. The molecule has 3 rings (SSSR count). The molecule has 1 aromatic rings. The Bertz CT molecular complexity index is 760. The van der Waals surface area contributed by atoms with Crippen molar-refractivity contribution in [3.8, 4) is 0 Å². The second kappa shape index (κ2) is 7.79. The van der Waals surface area contributed by atoms with Crippen molar-refractivity contribution in [1.82, 2.24) is 15.1 Å². The van der Waals surface area contributed by atoms with Crippen molar-refractivity contribution in [2.24, 2.45) is 4.99 Å². The highest BCUT2D eigenvalue weighted by atomic mass is 35.5. The standard InChI is InChI=1S/C20H29ClN4O3/c1-19(2,3)28-18(26)24-9-10-25-14(12-24)11-22-17(25)23-13-20(4,27)15-7-5-6-8-16(15)21/h5-8,14,27H,9-13H2,1-4H3,(H,22,23). The number of piperazine rings is 1. The molecule has 0 radical (unpaired) electrons. The maximum atomic E-state index is 12.3. The van der Waals surface area contributed by atoms with E-state index in [-0.39, 0.29) is 18.7 Å². The zero-order valence-corrected chi connectivity index (χ0v) is 17.7. The Hall–Kier alpha value is -1.99. The number of fused-ring (bicyclic) bond motifs is 1. The number of rotatable bonds is 3. The summed E-state index contributed by atoms with van der Waals surface area (Å²) in [6, 6.07) is 7.40. The number of guanidine groups is 1. The van der Waals surface area contributed by atoms with Crippen molar-refractivity contribution in [3.63, 3.8) is 0 Å². The number of hydrogen-bond acceptors (Lipinski definition) is 6. The van der Waals surface area contributed by atoms with Crippen molar-refractivity contribution in [2.75, 3.05) is 32.7 Å². The first-order valence-corrected chi connectivity index (χ1v) is 9.95. The van der Waals surface area contributed by atoms with E-state index in [1.165, 1.54) is 0 Å². The van der Waals surface area contributed by atoms with E-state index in [0.717, 1.165) is 5.96 Å². The Labute approximate surface area is 171 Å². The number of carbonyl (C=O) groups excluding carboxylic acids is 1. The van der Waals surface area contributed by atoms with Crippen LogP contribution in [-0.2, 0) is 10.3 Å². The first-order chi connectivity index (χ1) is 13.1. The van der Waals surface area contributed by atoms with Gasteiger partial charge in [0.05, 0.1) is 19.1 Å². The summed E-state index contributed by atoms with van der Waals surface area (Å²) in [5.74, 6) is 0.751. The Balaban J connectivity index is 1.56. The van der Waals surface area contributed by atoms with Gasteiger partial charge in [-0.05, 0) is 33.8 Å². The second-order valence-electron chi connectivity index (χ2n) is 8.55. The second-order valence-corrected chi connectivity index (χ2v) is 8.95. The van der Waals surface area contributed by atoms with Crippen LogP contribution < -0.4 is 5.32 Å². The van der Waals surface area contributed by atoms with Crippen LogP contribution in [0.25, 0.3) is 0 Å². The van der Waals surface area contributed by atoms with Gasteiger partial charge in [-0.15, -0.1) is 0 Å². The third-order valence-electron chi connectivity index (χ3n) is 4.90. The first kappa shape index (κ1) is 20.7. The van der Waals surface area contributed by atoms with E-state index in [4.69, 9.17) is 16.3 Å². The van der Waals surface area contributed by atoms with Crippen LogP contribution in [0, 0.1) is 0 Å². The molecule has 2 unspecified atom stereocenters. The van der Waals surface area contributed by atoms with Crippen molar-refractivity contribution in [3.05, 3.63) is 34.9 Å². The molecule has 28 heavy (non-hydrogen) atoms. The van der Waals surface area contributed by atoms with E-state index in [2.05, 4.69) is 15.2 Å². The number of benzene rings is 1. The lowest BCUT2D eigenvalue weighted by atomic mass is 9.96. The van der Waals surface area contributed by atoms with Crippen LogP contribution in [0.15, 0.2) is 29.3 Å². The van der Waals surface area contributed by atoms with Crippen LogP contribution >= 0.6 is 11.6 Å². The van der Waals surface area contributed by atoms with Gasteiger partial charge in [-0.1, -0.05) is 29.8 Å². The highest BCUT2D eigenvalue weighted by Crippen LogP contribution is 2.27. The summed E-state index contributed by atoms with van der Waals surface area (Å²) in [4.78, 5) is 20.8. The lowest BCUT2D eigenvalue weighted by molar-refractivity contribution is 0.0136. The molecular formula is C20H29ClN4O3. The Morgan fingerprint density at radius 1 is 1.32 bits per heavy atom. The molecule has 2 atom stereocenters. The van der Waals surface area contributed by atoms with Gasteiger partial charge in [0.2, 0.25) is 0 Å². The van der Waals surface area contributed by atoms with Gasteiger partial charge in [0.15, 0.2) is 5.96 Å². The van der Waals surface area contributed by atoms with E-state index in [1.54, 1.807) is 17.9 Å². The monoisotopic (exact) mass is 408 g/mol. The fraction of sp³-hybridized carbons (Fsp3) is 0.600. The molecule has 0 spiro atoms. The number of ether oxygens (including phenoxy) is 1. The van der Waals surface area contributed by atoms with Crippen LogP contribution in [0.1, 0.15) is 33.3 Å². The highest BCUT2D eigenvalue weighted by Gasteiger charge is 2.37. The SMILES string of the molecule is CC(C)(C)OC(=O)N1CCN2C(NCC(C)(O)c3ccccc3Cl)=NCC2C1. The van der Waals surface area contributed by atoms with Gasteiger partial charge >= 0.3 is 6.09 Å². The van der Waals surface area contributed by atoms with Crippen LogP contribution in [0.2, 0.25) is 5.02 Å². The lowest BCUT2D eigenvalue weighted by Gasteiger charge is -2.39. The number of carbonyl (C=O) groups is 1.